The zero-order valence-electron chi connectivity index (χ0n) is 12.4. The fourth-order valence-corrected chi connectivity index (χ4v) is 2.51. The number of amides is 1. The fourth-order valence-electron chi connectivity index (χ4n) is 2.51. The van der Waals surface area contributed by atoms with Gasteiger partial charge in [-0.3, -0.25) is 4.79 Å². The highest BCUT2D eigenvalue weighted by Gasteiger charge is 2.35. The molecule has 0 radical (unpaired) electrons. The van der Waals surface area contributed by atoms with Gasteiger partial charge in [0.1, 0.15) is 0 Å². The van der Waals surface area contributed by atoms with Gasteiger partial charge in [-0.1, -0.05) is 41.6 Å². The van der Waals surface area contributed by atoms with E-state index in [1.165, 1.54) is 0 Å². The second-order valence-corrected chi connectivity index (χ2v) is 5.53. The summed E-state index contributed by atoms with van der Waals surface area (Å²) in [6.45, 7) is 4.97. The predicted octanol–water partition coefficient (Wildman–Crippen LogP) is 2.55. The van der Waals surface area contributed by atoms with Crippen LogP contribution in [0.2, 0.25) is 0 Å². The van der Waals surface area contributed by atoms with Crippen LogP contribution in [0.3, 0.4) is 0 Å². The number of hydrogen-bond acceptors (Lipinski definition) is 4. The van der Waals surface area contributed by atoms with Crippen LogP contribution in [0.4, 0.5) is 0 Å². The maximum Gasteiger partial charge on any atom is 0.233 e. The topological polar surface area (TPSA) is 59.2 Å². The lowest BCUT2D eigenvalue weighted by molar-refractivity contribution is -0.135. The third-order valence-corrected chi connectivity index (χ3v) is 3.83. The molecule has 0 spiro atoms. The molecule has 1 saturated heterocycles. The monoisotopic (exact) mass is 297 g/mol. The fraction of sp³-hybridized carbons (Fsp3) is 0.353. The summed E-state index contributed by atoms with van der Waals surface area (Å²) in [6, 6.07) is 10.1. The molecule has 1 aliphatic heterocycles. The van der Waals surface area contributed by atoms with E-state index in [0.717, 1.165) is 12.0 Å². The van der Waals surface area contributed by atoms with Crippen molar-refractivity contribution >= 4 is 5.91 Å². The van der Waals surface area contributed by atoms with Crippen LogP contribution < -0.4 is 0 Å². The molecule has 1 amide bonds. The lowest BCUT2D eigenvalue weighted by Crippen LogP contribution is -2.48. The molecule has 1 aliphatic rings. The van der Waals surface area contributed by atoms with E-state index in [4.69, 9.17) is 4.52 Å². The lowest BCUT2D eigenvalue weighted by Gasteiger charge is -2.37. The van der Waals surface area contributed by atoms with Crippen LogP contribution in [0.5, 0.6) is 0 Å². The maximum absolute atomic E-state index is 11.8. The molecule has 1 aromatic heterocycles. The number of carbonyl (C=O) groups excluding carboxylic acids is 1. The number of hydrogen-bond donors (Lipinski definition) is 0. The molecule has 5 nitrogen and oxygen atoms in total. The Morgan fingerprint density at radius 1 is 1.36 bits per heavy atom. The molecule has 0 atom stereocenters. The van der Waals surface area contributed by atoms with Crippen molar-refractivity contribution < 1.29 is 9.32 Å². The number of nitrogens with zero attached hydrogens (tertiary/aromatic N) is 3. The van der Waals surface area contributed by atoms with Crippen LogP contribution in [-0.4, -0.2) is 34.0 Å². The highest BCUT2D eigenvalue weighted by Crippen LogP contribution is 2.26. The Bertz CT molecular complexity index is 645. The molecule has 2 aromatic rings. The summed E-state index contributed by atoms with van der Waals surface area (Å²) < 4.78 is 5.33. The Morgan fingerprint density at radius 3 is 2.86 bits per heavy atom. The first kappa shape index (κ1) is 14.5. The van der Waals surface area contributed by atoms with Gasteiger partial charge in [0.25, 0.3) is 0 Å². The highest BCUT2D eigenvalue weighted by atomic mass is 16.5. The molecule has 5 heteroatoms. The summed E-state index contributed by atoms with van der Waals surface area (Å²) in [5.41, 5.74) is 1.16. The Kier molecular flexibility index (Phi) is 4.32. The van der Waals surface area contributed by atoms with E-state index in [-0.39, 0.29) is 11.8 Å². The van der Waals surface area contributed by atoms with Crippen molar-refractivity contribution in [1.82, 2.24) is 15.0 Å². The normalized spacial score (nSPS) is 14.6. The Balaban J connectivity index is 1.53. The molecular formula is C17H19N3O2. The van der Waals surface area contributed by atoms with Crippen LogP contribution in [0, 0.1) is 0 Å². The van der Waals surface area contributed by atoms with E-state index in [9.17, 15) is 4.79 Å². The Hall–Kier alpha value is -2.43. The van der Waals surface area contributed by atoms with Crippen LogP contribution >= 0.6 is 0 Å². The Morgan fingerprint density at radius 2 is 2.14 bits per heavy atom. The first-order valence-electron chi connectivity index (χ1n) is 7.51. The quantitative estimate of drug-likeness (QED) is 0.769. The largest absolute Gasteiger partial charge is 0.341 e. The van der Waals surface area contributed by atoms with Crippen LogP contribution in [0.25, 0.3) is 0 Å². The molecule has 1 aromatic carbocycles. The van der Waals surface area contributed by atoms with Crippen molar-refractivity contribution in [2.75, 3.05) is 13.1 Å². The van der Waals surface area contributed by atoms with Gasteiger partial charge < -0.3 is 9.42 Å². The second kappa shape index (κ2) is 6.56. The van der Waals surface area contributed by atoms with E-state index in [1.807, 2.05) is 35.2 Å². The van der Waals surface area contributed by atoms with E-state index < -0.39 is 0 Å². The lowest BCUT2D eigenvalue weighted by atomic mass is 9.99. The maximum atomic E-state index is 11.8. The molecule has 2 heterocycles. The smallest absolute Gasteiger partial charge is 0.233 e. The van der Waals surface area contributed by atoms with Crippen LogP contribution in [0.1, 0.15) is 36.0 Å². The van der Waals surface area contributed by atoms with Crippen molar-refractivity contribution in [2.24, 2.45) is 0 Å². The van der Waals surface area contributed by atoms with Gasteiger partial charge >= 0.3 is 0 Å². The predicted molar refractivity (Wildman–Crippen MR) is 82.3 cm³/mol. The minimum atomic E-state index is 0.167. The van der Waals surface area contributed by atoms with E-state index in [0.29, 0.717) is 37.6 Å². The van der Waals surface area contributed by atoms with Gasteiger partial charge in [0.05, 0.1) is 5.92 Å². The minimum Gasteiger partial charge on any atom is -0.341 e. The van der Waals surface area contributed by atoms with E-state index in [1.54, 1.807) is 6.08 Å². The first-order valence-corrected chi connectivity index (χ1v) is 7.51. The summed E-state index contributed by atoms with van der Waals surface area (Å²) in [4.78, 5) is 18.1. The van der Waals surface area contributed by atoms with Gasteiger partial charge in [-0.15, -0.1) is 6.58 Å². The van der Waals surface area contributed by atoms with Crippen molar-refractivity contribution in [2.45, 2.75) is 25.2 Å². The third-order valence-electron chi connectivity index (χ3n) is 3.83. The van der Waals surface area contributed by atoms with Crippen molar-refractivity contribution in [3.8, 4) is 0 Å². The number of likely N-dealkylation sites (tertiary alicyclic amines) is 1. The summed E-state index contributed by atoms with van der Waals surface area (Å²) in [5.74, 6) is 1.67. The van der Waals surface area contributed by atoms with Gasteiger partial charge in [-0.2, -0.15) is 4.98 Å². The van der Waals surface area contributed by atoms with Gasteiger partial charge in [-0.25, -0.2) is 0 Å². The van der Waals surface area contributed by atoms with E-state index in [2.05, 4.69) is 16.7 Å². The molecule has 0 bridgehead atoms. The molecule has 0 saturated carbocycles. The summed E-state index contributed by atoms with van der Waals surface area (Å²) in [6.07, 6.45) is 3.68. The molecule has 22 heavy (non-hydrogen) atoms. The molecule has 0 unspecified atom stereocenters. The van der Waals surface area contributed by atoms with E-state index >= 15 is 0 Å². The number of aromatic nitrogens is 2. The second-order valence-electron chi connectivity index (χ2n) is 5.53. The number of rotatable bonds is 6. The van der Waals surface area contributed by atoms with Crippen LogP contribution in [-0.2, 0) is 11.2 Å². The average molecular weight is 297 g/mol. The molecule has 114 valence electrons. The average Bonchev–Trinajstić information content (AvgIpc) is 2.92. The van der Waals surface area contributed by atoms with Gasteiger partial charge in [-0.05, 0) is 12.0 Å². The summed E-state index contributed by atoms with van der Waals surface area (Å²) in [7, 11) is 0. The van der Waals surface area contributed by atoms with Crippen molar-refractivity contribution in [3.05, 3.63) is 60.3 Å². The van der Waals surface area contributed by atoms with Crippen LogP contribution in [0.15, 0.2) is 47.5 Å². The zero-order chi connectivity index (χ0) is 15.4. The summed E-state index contributed by atoms with van der Waals surface area (Å²) in [5, 5.41) is 4.03. The molecule has 3 rings (SSSR count). The zero-order valence-corrected chi connectivity index (χ0v) is 12.4. The van der Waals surface area contributed by atoms with Crippen molar-refractivity contribution in [1.29, 1.82) is 0 Å². The van der Waals surface area contributed by atoms with Gasteiger partial charge in [0.2, 0.25) is 11.8 Å². The number of carbonyl (C=O) groups is 1. The van der Waals surface area contributed by atoms with Gasteiger partial charge in [0.15, 0.2) is 5.82 Å². The molecule has 1 fully saturated rings. The third kappa shape index (κ3) is 3.24. The molecule has 0 N–H and O–H groups in total. The Labute approximate surface area is 129 Å². The molecular weight excluding hydrogens is 278 g/mol. The number of benzene rings is 1. The number of allylic oxidation sites excluding steroid dienone is 1. The highest BCUT2D eigenvalue weighted by molar-refractivity contribution is 5.77. The van der Waals surface area contributed by atoms with Gasteiger partial charge in [0, 0.05) is 25.9 Å². The SMILES string of the molecule is C=CCCC(=O)N1CC(c2nc(Cc3ccccc3)no2)C1. The summed E-state index contributed by atoms with van der Waals surface area (Å²) >= 11 is 0. The standard InChI is InChI=1S/C17H19N3O2/c1-2-3-9-16(21)20-11-14(12-20)17-18-15(19-22-17)10-13-7-5-4-6-8-13/h2,4-8,14H,1,3,9-12H2. The van der Waals surface area contributed by atoms with Crippen molar-refractivity contribution in [3.63, 3.8) is 0 Å². The molecule has 0 aliphatic carbocycles. The minimum absolute atomic E-state index is 0.167. The first-order chi connectivity index (χ1) is 10.8.